The van der Waals surface area contributed by atoms with Crippen molar-refractivity contribution < 1.29 is 14.3 Å². The second-order valence-electron chi connectivity index (χ2n) is 6.50. The molecule has 2 aliphatic rings. The summed E-state index contributed by atoms with van der Waals surface area (Å²) in [7, 11) is 3.31. The zero-order valence-electron chi connectivity index (χ0n) is 13.9. The molecule has 1 saturated heterocycles. The Morgan fingerprint density at radius 1 is 1.00 bits per heavy atom. The monoisotopic (exact) mass is 323 g/mol. The lowest BCUT2D eigenvalue weighted by atomic mass is 9.68. The predicted octanol–water partition coefficient (Wildman–Crippen LogP) is 2.87. The van der Waals surface area contributed by atoms with Gasteiger partial charge >= 0.3 is 0 Å². The van der Waals surface area contributed by atoms with Crippen LogP contribution in [0.3, 0.4) is 0 Å². The maximum atomic E-state index is 12.5. The zero-order chi connectivity index (χ0) is 16.7. The Morgan fingerprint density at radius 2 is 1.71 bits per heavy atom. The van der Waals surface area contributed by atoms with Crippen LogP contribution >= 0.6 is 0 Å². The molecule has 1 aliphatic heterocycles. The lowest BCUT2D eigenvalue weighted by molar-refractivity contribution is -0.123. The number of nitrogens with one attached hydrogen (secondary N) is 1. The molecule has 4 rings (SSSR count). The number of hydrogen-bond acceptors (Lipinski definition) is 3. The first kappa shape index (κ1) is 15.1. The summed E-state index contributed by atoms with van der Waals surface area (Å²) in [6, 6.07) is 14.5. The van der Waals surface area contributed by atoms with Crippen molar-refractivity contribution in [2.24, 2.45) is 5.92 Å². The Bertz CT molecular complexity index is 772. The topological polar surface area (TPSA) is 47.6 Å². The molecule has 2 aromatic rings. The Hall–Kier alpha value is -2.49. The smallest absolute Gasteiger partial charge is 0.224 e. The predicted molar refractivity (Wildman–Crippen MR) is 91.7 cm³/mol. The SMILES string of the molecule is COc1cc2c(cc1OC)[C@H]1CNC(=O)[C@H]1[C@H](c1ccccc1)C2. The van der Waals surface area contributed by atoms with E-state index in [2.05, 4.69) is 23.5 Å². The minimum Gasteiger partial charge on any atom is -0.493 e. The molecule has 0 radical (unpaired) electrons. The molecule has 1 aliphatic carbocycles. The second-order valence-corrected chi connectivity index (χ2v) is 6.50. The van der Waals surface area contributed by atoms with Crippen LogP contribution in [0.5, 0.6) is 11.5 Å². The number of methoxy groups -OCH3 is 2. The van der Waals surface area contributed by atoms with Crippen molar-refractivity contribution in [3.05, 3.63) is 59.2 Å². The fourth-order valence-electron chi connectivity index (χ4n) is 4.25. The van der Waals surface area contributed by atoms with Crippen LogP contribution in [0.2, 0.25) is 0 Å². The Labute approximate surface area is 141 Å². The number of rotatable bonds is 3. The molecule has 0 aromatic heterocycles. The van der Waals surface area contributed by atoms with Gasteiger partial charge in [0.2, 0.25) is 5.91 Å². The van der Waals surface area contributed by atoms with E-state index >= 15 is 0 Å². The fourth-order valence-corrected chi connectivity index (χ4v) is 4.25. The maximum Gasteiger partial charge on any atom is 0.224 e. The van der Waals surface area contributed by atoms with Crippen LogP contribution in [0.15, 0.2) is 42.5 Å². The van der Waals surface area contributed by atoms with Crippen LogP contribution in [0.25, 0.3) is 0 Å². The number of amides is 1. The highest BCUT2D eigenvalue weighted by Crippen LogP contribution is 2.49. The van der Waals surface area contributed by atoms with Crippen LogP contribution in [-0.4, -0.2) is 26.7 Å². The van der Waals surface area contributed by atoms with Crippen molar-refractivity contribution >= 4 is 5.91 Å². The largest absolute Gasteiger partial charge is 0.493 e. The second kappa shape index (κ2) is 5.86. The number of fused-ring (bicyclic) bond motifs is 3. The fraction of sp³-hybridized carbons (Fsp3) is 0.350. The van der Waals surface area contributed by atoms with Crippen molar-refractivity contribution in [3.63, 3.8) is 0 Å². The quantitative estimate of drug-likeness (QED) is 0.945. The van der Waals surface area contributed by atoms with Gasteiger partial charge in [0, 0.05) is 18.4 Å². The first-order valence-corrected chi connectivity index (χ1v) is 8.30. The number of ether oxygens (including phenoxy) is 2. The standard InChI is InChI=1S/C20H21NO3/c1-23-17-9-13-8-15(12-6-4-3-5-7-12)19-16(11-21-20(19)22)14(13)10-18(17)24-2/h3-7,9-10,15-16,19H,8,11H2,1-2H3,(H,21,22)/t15-,16+,19-/m0/s1. The van der Waals surface area contributed by atoms with Crippen molar-refractivity contribution in [1.82, 2.24) is 5.32 Å². The van der Waals surface area contributed by atoms with E-state index in [1.54, 1.807) is 14.2 Å². The molecule has 0 bridgehead atoms. The lowest BCUT2D eigenvalue weighted by Crippen LogP contribution is -2.30. The molecular formula is C20H21NO3. The molecule has 4 heteroatoms. The molecule has 2 aromatic carbocycles. The van der Waals surface area contributed by atoms with Gasteiger partial charge in [0.25, 0.3) is 0 Å². The van der Waals surface area contributed by atoms with E-state index in [0.29, 0.717) is 6.54 Å². The van der Waals surface area contributed by atoms with Gasteiger partial charge in [-0.05, 0) is 35.2 Å². The van der Waals surface area contributed by atoms with E-state index in [4.69, 9.17) is 9.47 Å². The third kappa shape index (κ3) is 2.25. The van der Waals surface area contributed by atoms with E-state index in [1.165, 1.54) is 16.7 Å². The first-order chi connectivity index (χ1) is 11.7. The summed E-state index contributed by atoms with van der Waals surface area (Å²) in [6.45, 7) is 0.690. The van der Waals surface area contributed by atoms with E-state index in [0.717, 1.165) is 17.9 Å². The van der Waals surface area contributed by atoms with E-state index in [1.807, 2.05) is 24.3 Å². The van der Waals surface area contributed by atoms with E-state index < -0.39 is 0 Å². The number of carbonyl (C=O) groups excluding carboxylic acids is 1. The average Bonchev–Trinajstić information content (AvgIpc) is 3.02. The van der Waals surface area contributed by atoms with Crippen LogP contribution in [-0.2, 0) is 11.2 Å². The molecule has 0 saturated carbocycles. The van der Waals surface area contributed by atoms with Gasteiger partial charge in [0.1, 0.15) is 0 Å². The molecule has 1 N–H and O–H groups in total. The number of hydrogen-bond donors (Lipinski definition) is 1. The highest BCUT2D eigenvalue weighted by atomic mass is 16.5. The Morgan fingerprint density at radius 3 is 2.42 bits per heavy atom. The van der Waals surface area contributed by atoms with Gasteiger partial charge in [-0.25, -0.2) is 0 Å². The molecule has 0 unspecified atom stereocenters. The summed E-state index contributed by atoms with van der Waals surface area (Å²) in [5, 5.41) is 3.06. The van der Waals surface area contributed by atoms with Crippen molar-refractivity contribution in [2.45, 2.75) is 18.3 Å². The number of benzene rings is 2. The van der Waals surface area contributed by atoms with Gasteiger partial charge in [-0.1, -0.05) is 30.3 Å². The summed E-state index contributed by atoms with van der Waals surface area (Å²) in [6.07, 6.45) is 0.842. The highest BCUT2D eigenvalue weighted by molar-refractivity contribution is 5.84. The summed E-state index contributed by atoms with van der Waals surface area (Å²) >= 11 is 0. The van der Waals surface area contributed by atoms with Crippen LogP contribution in [0.4, 0.5) is 0 Å². The Balaban J connectivity index is 1.84. The molecule has 0 spiro atoms. The summed E-state index contributed by atoms with van der Waals surface area (Å²) in [4.78, 5) is 12.5. The minimum atomic E-state index is -0.0157. The molecule has 1 fully saturated rings. The van der Waals surface area contributed by atoms with Crippen molar-refractivity contribution in [3.8, 4) is 11.5 Å². The van der Waals surface area contributed by atoms with Gasteiger partial charge in [-0.3, -0.25) is 4.79 Å². The van der Waals surface area contributed by atoms with Gasteiger partial charge in [0.05, 0.1) is 20.1 Å². The van der Waals surface area contributed by atoms with Gasteiger partial charge in [-0.15, -0.1) is 0 Å². The summed E-state index contributed by atoms with van der Waals surface area (Å²) < 4.78 is 10.9. The third-order valence-electron chi connectivity index (χ3n) is 5.38. The third-order valence-corrected chi connectivity index (χ3v) is 5.38. The van der Waals surface area contributed by atoms with Crippen LogP contribution in [0.1, 0.15) is 28.5 Å². The average molecular weight is 323 g/mol. The molecule has 124 valence electrons. The molecule has 24 heavy (non-hydrogen) atoms. The number of carbonyl (C=O) groups is 1. The summed E-state index contributed by atoms with van der Waals surface area (Å²) in [5.41, 5.74) is 3.69. The van der Waals surface area contributed by atoms with Crippen molar-refractivity contribution in [2.75, 3.05) is 20.8 Å². The normalized spacial score (nSPS) is 24.8. The van der Waals surface area contributed by atoms with Gasteiger partial charge < -0.3 is 14.8 Å². The van der Waals surface area contributed by atoms with Crippen LogP contribution in [0, 0.1) is 5.92 Å². The van der Waals surface area contributed by atoms with Gasteiger partial charge in [0.15, 0.2) is 11.5 Å². The van der Waals surface area contributed by atoms with E-state index in [-0.39, 0.29) is 23.7 Å². The summed E-state index contributed by atoms with van der Waals surface area (Å²) in [5.74, 6) is 2.01. The zero-order valence-corrected chi connectivity index (χ0v) is 13.9. The minimum absolute atomic E-state index is 0.0157. The first-order valence-electron chi connectivity index (χ1n) is 8.30. The molecule has 3 atom stereocenters. The molecule has 1 amide bonds. The molecule has 4 nitrogen and oxygen atoms in total. The van der Waals surface area contributed by atoms with Gasteiger partial charge in [-0.2, -0.15) is 0 Å². The van der Waals surface area contributed by atoms with Crippen LogP contribution < -0.4 is 14.8 Å². The molecular weight excluding hydrogens is 302 g/mol. The Kier molecular flexibility index (Phi) is 3.68. The highest BCUT2D eigenvalue weighted by Gasteiger charge is 2.46. The lowest BCUT2D eigenvalue weighted by Gasteiger charge is -2.34. The molecule has 1 heterocycles. The maximum absolute atomic E-state index is 12.5. The van der Waals surface area contributed by atoms with E-state index in [9.17, 15) is 4.79 Å². The van der Waals surface area contributed by atoms with Crippen molar-refractivity contribution in [1.29, 1.82) is 0 Å².